The third-order valence-corrected chi connectivity index (χ3v) is 2.76. The number of nitrogens with zero attached hydrogens (tertiary/aromatic N) is 2. The van der Waals surface area contributed by atoms with Gasteiger partial charge in [0.1, 0.15) is 11.6 Å². The molecular weight excluding hydrogens is 212 g/mol. The van der Waals surface area contributed by atoms with Crippen LogP contribution in [-0.2, 0) is 7.05 Å². The third-order valence-electron chi connectivity index (χ3n) is 2.76. The Kier molecular flexibility index (Phi) is 2.29. The highest BCUT2D eigenvalue weighted by atomic mass is 16.3. The van der Waals surface area contributed by atoms with Crippen LogP contribution in [0.1, 0.15) is 11.6 Å². The molecule has 0 aliphatic carbocycles. The van der Waals surface area contributed by atoms with E-state index in [1.807, 2.05) is 49.5 Å². The van der Waals surface area contributed by atoms with Gasteiger partial charge in [0, 0.05) is 7.05 Å². The summed E-state index contributed by atoms with van der Waals surface area (Å²) >= 11 is 0. The first-order chi connectivity index (χ1) is 8.34. The molecule has 0 unspecified atom stereocenters. The molecule has 0 radical (unpaired) electrons. The second kappa shape index (κ2) is 3.94. The zero-order valence-electron chi connectivity index (χ0n) is 9.50. The Bertz CT molecular complexity index is 663. The standard InChI is InChI=1S/C14H12N2O/c1-16-13-7-3-2-6-12(13)15-14(16)9-8-11-5-4-10-17-11/h2-10H,1H3/b9-8+. The second-order valence-corrected chi connectivity index (χ2v) is 3.87. The fourth-order valence-corrected chi connectivity index (χ4v) is 1.86. The largest absolute Gasteiger partial charge is 0.465 e. The van der Waals surface area contributed by atoms with Gasteiger partial charge < -0.3 is 8.98 Å². The number of benzene rings is 1. The van der Waals surface area contributed by atoms with Crippen LogP contribution in [0.3, 0.4) is 0 Å². The number of aromatic nitrogens is 2. The van der Waals surface area contributed by atoms with E-state index in [1.165, 1.54) is 0 Å². The van der Waals surface area contributed by atoms with Crippen molar-refractivity contribution in [3.8, 4) is 0 Å². The summed E-state index contributed by atoms with van der Waals surface area (Å²) in [6.07, 6.45) is 5.54. The van der Waals surface area contributed by atoms with Gasteiger partial charge in [-0.05, 0) is 36.4 Å². The van der Waals surface area contributed by atoms with Gasteiger partial charge in [-0.1, -0.05) is 12.1 Å². The molecule has 0 saturated carbocycles. The van der Waals surface area contributed by atoms with Crippen molar-refractivity contribution in [3.63, 3.8) is 0 Å². The summed E-state index contributed by atoms with van der Waals surface area (Å²) < 4.78 is 7.31. The summed E-state index contributed by atoms with van der Waals surface area (Å²) in [5.41, 5.74) is 2.14. The van der Waals surface area contributed by atoms with Crippen LogP contribution >= 0.6 is 0 Å². The van der Waals surface area contributed by atoms with E-state index < -0.39 is 0 Å². The van der Waals surface area contributed by atoms with E-state index >= 15 is 0 Å². The Morgan fingerprint density at radius 2 is 2.00 bits per heavy atom. The lowest BCUT2D eigenvalue weighted by Gasteiger charge is -1.95. The molecule has 0 spiro atoms. The van der Waals surface area contributed by atoms with Gasteiger partial charge in [-0.25, -0.2) is 4.98 Å². The van der Waals surface area contributed by atoms with Crippen molar-refractivity contribution in [1.29, 1.82) is 0 Å². The maximum atomic E-state index is 5.25. The molecule has 17 heavy (non-hydrogen) atoms. The predicted molar refractivity (Wildman–Crippen MR) is 68.4 cm³/mol. The van der Waals surface area contributed by atoms with E-state index in [4.69, 9.17) is 4.42 Å². The van der Waals surface area contributed by atoms with Gasteiger partial charge in [0.05, 0.1) is 17.3 Å². The first kappa shape index (κ1) is 9.90. The van der Waals surface area contributed by atoms with Gasteiger partial charge in [-0.2, -0.15) is 0 Å². The van der Waals surface area contributed by atoms with Crippen molar-refractivity contribution in [1.82, 2.24) is 9.55 Å². The summed E-state index contributed by atoms with van der Waals surface area (Å²) in [6.45, 7) is 0. The normalized spacial score (nSPS) is 11.6. The lowest BCUT2D eigenvalue weighted by Crippen LogP contribution is -1.90. The third kappa shape index (κ3) is 1.76. The molecule has 1 aromatic carbocycles. The van der Waals surface area contributed by atoms with E-state index in [2.05, 4.69) is 15.6 Å². The molecule has 2 aromatic heterocycles. The molecule has 0 N–H and O–H groups in total. The number of para-hydroxylation sites is 2. The smallest absolute Gasteiger partial charge is 0.133 e. The zero-order valence-corrected chi connectivity index (χ0v) is 9.50. The minimum absolute atomic E-state index is 0.831. The predicted octanol–water partition coefficient (Wildman–Crippen LogP) is 3.34. The Labute approximate surface area is 99.0 Å². The molecule has 0 bridgehead atoms. The van der Waals surface area contributed by atoms with Crippen LogP contribution < -0.4 is 0 Å². The van der Waals surface area contributed by atoms with Crippen molar-refractivity contribution < 1.29 is 4.42 Å². The van der Waals surface area contributed by atoms with Gasteiger partial charge in [0.15, 0.2) is 0 Å². The van der Waals surface area contributed by atoms with Gasteiger partial charge in [-0.3, -0.25) is 0 Å². The fourth-order valence-electron chi connectivity index (χ4n) is 1.86. The van der Waals surface area contributed by atoms with Crippen LogP contribution in [-0.4, -0.2) is 9.55 Å². The Balaban J connectivity index is 2.03. The lowest BCUT2D eigenvalue weighted by atomic mass is 10.3. The average Bonchev–Trinajstić information content (AvgIpc) is 2.96. The highest BCUT2D eigenvalue weighted by Crippen LogP contribution is 2.16. The highest BCUT2D eigenvalue weighted by molar-refractivity contribution is 5.79. The van der Waals surface area contributed by atoms with E-state index in [0.29, 0.717) is 0 Å². The lowest BCUT2D eigenvalue weighted by molar-refractivity contribution is 0.557. The first-order valence-electron chi connectivity index (χ1n) is 5.47. The number of hydrogen-bond acceptors (Lipinski definition) is 2. The highest BCUT2D eigenvalue weighted by Gasteiger charge is 2.03. The van der Waals surface area contributed by atoms with Crippen molar-refractivity contribution in [2.75, 3.05) is 0 Å². The fraction of sp³-hybridized carbons (Fsp3) is 0.0714. The quantitative estimate of drug-likeness (QED) is 0.668. The molecule has 0 aliphatic heterocycles. The maximum absolute atomic E-state index is 5.25. The van der Waals surface area contributed by atoms with Crippen molar-refractivity contribution in [2.45, 2.75) is 0 Å². The number of fused-ring (bicyclic) bond motifs is 1. The topological polar surface area (TPSA) is 31.0 Å². The second-order valence-electron chi connectivity index (χ2n) is 3.87. The number of aryl methyl sites for hydroxylation is 1. The minimum atomic E-state index is 0.831. The van der Waals surface area contributed by atoms with Crippen molar-refractivity contribution in [2.24, 2.45) is 7.05 Å². The minimum Gasteiger partial charge on any atom is -0.465 e. The summed E-state index contributed by atoms with van der Waals surface area (Å²) in [4.78, 5) is 4.55. The molecule has 3 heteroatoms. The van der Waals surface area contributed by atoms with E-state index in [0.717, 1.165) is 22.6 Å². The summed E-state index contributed by atoms with van der Waals surface area (Å²) in [6, 6.07) is 11.9. The SMILES string of the molecule is Cn1c(/C=C/c2ccco2)nc2ccccc21. The van der Waals surface area contributed by atoms with Gasteiger partial charge in [0.25, 0.3) is 0 Å². The average molecular weight is 224 g/mol. The number of hydrogen-bond donors (Lipinski definition) is 0. The molecule has 84 valence electrons. The maximum Gasteiger partial charge on any atom is 0.133 e. The van der Waals surface area contributed by atoms with Gasteiger partial charge in [0.2, 0.25) is 0 Å². The molecule has 3 aromatic rings. The number of rotatable bonds is 2. The molecule has 0 fully saturated rings. The van der Waals surface area contributed by atoms with E-state index in [9.17, 15) is 0 Å². The Morgan fingerprint density at radius 3 is 2.76 bits per heavy atom. The molecule has 3 rings (SSSR count). The van der Waals surface area contributed by atoms with Crippen LogP contribution in [0.2, 0.25) is 0 Å². The van der Waals surface area contributed by atoms with Crippen molar-refractivity contribution in [3.05, 3.63) is 54.2 Å². The van der Waals surface area contributed by atoms with Gasteiger partial charge >= 0.3 is 0 Å². The van der Waals surface area contributed by atoms with E-state index in [-0.39, 0.29) is 0 Å². The Hall–Kier alpha value is -2.29. The first-order valence-corrected chi connectivity index (χ1v) is 5.47. The molecule has 2 heterocycles. The van der Waals surface area contributed by atoms with Crippen LogP contribution in [0.4, 0.5) is 0 Å². The van der Waals surface area contributed by atoms with Crippen molar-refractivity contribution >= 4 is 23.2 Å². The van der Waals surface area contributed by atoms with Crippen LogP contribution in [0.25, 0.3) is 23.2 Å². The van der Waals surface area contributed by atoms with Crippen LogP contribution in [0, 0.1) is 0 Å². The Morgan fingerprint density at radius 1 is 1.12 bits per heavy atom. The molecule has 0 atom stereocenters. The summed E-state index contributed by atoms with van der Waals surface area (Å²) in [7, 11) is 2.01. The molecule has 0 aliphatic rings. The van der Waals surface area contributed by atoms with Gasteiger partial charge in [-0.15, -0.1) is 0 Å². The number of furan rings is 1. The zero-order chi connectivity index (χ0) is 11.7. The molecule has 3 nitrogen and oxygen atoms in total. The summed E-state index contributed by atoms with van der Waals surface area (Å²) in [5.74, 6) is 1.75. The molecular formula is C14H12N2O. The van der Waals surface area contributed by atoms with Crippen LogP contribution in [0.15, 0.2) is 47.1 Å². The molecule has 0 amide bonds. The summed E-state index contributed by atoms with van der Waals surface area (Å²) in [5, 5.41) is 0. The number of imidazole rings is 1. The van der Waals surface area contributed by atoms with Crippen LogP contribution in [0.5, 0.6) is 0 Å². The monoisotopic (exact) mass is 224 g/mol. The molecule has 0 saturated heterocycles. The van der Waals surface area contributed by atoms with E-state index in [1.54, 1.807) is 6.26 Å².